The van der Waals surface area contributed by atoms with Crippen molar-refractivity contribution in [1.29, 1.82) is 0 Å². The van der Waals surface area contributed by atoms with Crippen LogP contribution in [0.3, 0.4) is 0 Å². The molecule has 0 radical (unpaired) electrons. The van der Waals surface area contributed by atoms with Crippen molar-refractivity contribution >= 4 is 32.9 Å². The average Bonchev–Trinajstić information content (AvgIpc) is 3.11. The topological polar surface area (TPSA) is 70.7 Å². The maximum Gasteiger partial charge on any atom is 0.310 e. The van der Waals surface area contributed by atoms with Crippen molar-refractivity contribution in [3.8, 4) is 5.75 Å². The number of aryl methyl sites for hydroxylation is 4. The molecule has 1 aliphatic rings. The molecular weight excluding hydrogens is 410 g/mol. The van der Waals surface area contributed by atoms with Crippen LogP contribution in [-0.4, -0.2) is 30.2 Å². The van der Waals surface area contributed by atoms with Crippen molar-refractivity contribution in [3.63, 3.8) is 0 Å². The van der Waals surface area contributed by atoms with E-state index in [2.05, 4.69) is 60.4 Å². The van der Waals surface area contributed by atoms with Gasteiger partial charge in [0.05, 0.1) is 12.8 Å². The van der Waals surface area contributed by atoms with Crippen LogP contribution < -0.4 is 19.9 Å². The molecule has 31 heavy (non-hydrogen) atoms. The number of carbonyl (C=O) groups is 2. The molecule has 0 bridgehead atoms. The number of hydrogen-bond acceptors (Lipinski definition) is 4. The predicted molar refractivity (Wildman–Crippen MR) is 129 cm³/mol. The molecule has 2 atom stereocenters. The summed E-state index contributed by atoms with van der Waals surface area (Å²) < 4.78 is 7.37. The molecule has 2 unspecified atom stereocenters. The summed E-state index contributed by atoms with van der Waals surface area (Å²) in [5.41, 5.74) is 10.9. The Morgan fingerprint density at radius 1 is 1.13 bits per heavy atom. The van der Waals surface area contributed by atoms with Gasteiger partial charge < -0.3 is 9.04 Å². The molecule has 1 heterocycles. The largest absolute Gasteiger partial charge is 0.497 e. The molecule has 0 spiro atoms. The molecular formula is C24H31N3O3S. The second-order valence-electron chi connectivity index (χ2n) is 8.05. The number of methoxy groups -OCH3 is 1. The molecule has 6 nitrogen and oxygen atoms in total. The van der Waals surface area contributed by atoms with E-state index >= 15 is 0 Å². The molecule has 2 amide bonds. The number of benzene rings is 2. The van der Waals surface area contributed by atoms with Gasteiger partial charge in [-0.25, -0.2) is 0 Å². The van der Waals surface area contributed by atoms with Crippen LogP contribution in [-0.2, 0) is 11.2 Å². The first-order valence-corrected chi connectivity index (χ1v) is 11.7. The molecule has 0 aliphatic carbocycles. The monoisotopic (exact) mass is 441 g/mol. The zero-order valence-corrected chi connectivity index (χ0v) is 19.6. The van der Waals surface area contributed by atoms with Gasteiger partial charge in [0.25, 0.3) is 0 Å². The van der Waals surface area contributed by atoms with Gasteiger partial charge in [-0.05, 0) is 72.1 Å². The lowest BCUT2D eigenvalue weighted by molar-refractivity contribution is -0.121. The van der Waals surface area contributed by atoms with Gasteiger partial charge in [-0.3, -0.25) is 20.4 Å². The van der Waals surface area contributed by atoms with Crippen molar-refractivity contribution in [2.75, 3.05) is 18.0 Å². The third kappa shape index (κ3) is 5.67. The number of anilines is 1. The van der Waals surface area contributed by atoms with Crippen LogP contribution >= 0.6 is 10.7 Å². The predicted octanol–water partition coefficient (Wildman–Crippen LogP) is 4.44. The number of hydrazine groups is 1. The lowest BCUT2D eigenvalue weighted by atomic mass is 10.0. The molecule has 0 fully saturated rings. The Balaban J connectivity index is 1.61. The fraction of sp³-hybridized carbons (Fsp3) is 0.375. The molecule has 2 aromatic carbocycles. The molecule has 0 aromatic heterocycles. The number of hydrogen-bond donors (Lipinski definition) is 2. The van der Waals surface area contributed by atoms with E-state index in [0.29, 0.717) is 6.42 Å². The van der Waals surface area contributed by atoms with E-state index in [1.165, 1.54) is 5.56 Å². The van der Waals surface area contributed by atoms with Crippen molar-refractivity contribution in [1.82, 2.24) is 10.9 Å². The van der Waals surface area contributed by atoms with Gasteiger partial charge in [0.1, 0.15) is 5.75 Å². The van der Waals surface area contributed by atoms with Crippen LogP contribution in [0.25, 0.3) is 0 Å². The minimum Gasteiger partial charge on any atom is -0.497 e. The molecule has 7 heteroatoms. The Hall–Kier alpha value is -2.80. The van der Waals surface area contributed by atoms with Crippen LogP contribution in [0.1, 0.15) is 35.6 Å². The Morgan fingerprint density at radius 3 is 2.52 bits per heavy atom. The normalized spacial score (nSPS) is 17.8. The lowest BCUT2D eigenvalue weighted by Crippen LogP contribution is -2.41. The number of amides is 2. The SMILES string of the molecule is COc1cccc(CCC(=O)NNC(=O)S2=CC(C)CN2c2c(C)cc(C)cc2C)c1. The van der Waals surface area contributed by atoms with E-state index in [1.807, 2.05) is 24.3 Å². The summed E-state index contributed by atoms with van der Waals surface area (Å²) in [7, 11) is 0.865. The molecule has 3 rings (SSSR count). The van der Waals surface area contributed by atoms with Gasteiger partial charge in [0.2, 0.25) is 5.91 Å². The number of ether oxygens (including phenoxy) is 1. The Morgan fingerprint density at radius 2 is 1.84 bits per heavy atom. The minimum absolute atomic E-state index is 0.196. The highest BCUT2D eigenvalue weighted by molar-refractivity contribution is 8.28. The zero-order chi connectivity index (χ0) is 22.5. The highest BCUT2D eigenvalue weighted by atomic mass is 32.2. The Bertz CT molecular complexity index is 996. The third-order valence-corrected chi connectivity index (χ3v) is 7.22. The molecule has 0 saturated heterocycles. The molecule has 2 aromatic rings. The van der Waals surface area contributed by atoms with Crippen LogP contribution in [0.4, 0.5) is 10.5 Å². The van der Waals surface area contributed by atoms with Gasteiger partial charge in [0.15, 0.2) is 0 Å². The first-order chi connectivity index (χ1) is 14.8. The molecule has 1 aliphatic heterocycles. The van der Waals surface area contributed by atoms with Gasteiger partial charge in [0, 0.05) is 18.9 Å². The molecule has 0 saturated carbocycles. The first kappa shape index (κ1) is 22.9. The number of nitrogens with one attached hydrogen (secondary N) is 2. The van der Waals surface area contributed by atoms with E-state index in [9.17, 15) is 9.59 Å². The van der Waals surface area contributed by atoms with Crippen LogP contribution in [0.5, 0.6) is 5.75 Å². The summed E-state index contributed by atoms with van der Waals surface area (Å²) in [5, 5.41) is 1.87. The standard InChI is InChI=1S/C24H31N3O3S/c1-16-11-18(3)23(19(4)12-16)27-14-17(2)15-31(27)24(29)26-25-22(28)10-9-20-7-6-8-21(13-20)30-5/h6-8,11-13,15,17H,9-10,14H2,1-5H3,(H,25,28)(H,26,29). The zero-order valence-electron chi connectivity index (χ0n) is 18.8. The summed E-state index contributed by atoms with van der Waals surface area (Å²) in [6.07, 6.45) is 0.850. The first-order valence-electron chi connectivity index (χ1n) is 10.4. The number of carbonyl (C=O) groups excluding carboxylic acids is 2. The van der Waals surface area contributed by atoms with E-state index in [-0.39, 0.29) is 23.5 Å². The van der Waals surface area contributed by atoms with E-state index in [4.69, 9.17) is 4.74 Å². The van der Waals surface area contributed by atoms with Crippen LogP contribution in [0, 0.1) is 26.7 Å². The van der Waals surface area contributed by atoms with Crippen molar-refractivity contribution in [2.45, 2.75) is 40.5 Å². The van der Waals surface area contributed by atoms with Crippen LogP contribution in [0.15, 0.2) is 36.4 Å². The summed E-state index contributed by atoms with van der Waals surface area (Å²) in [6.45, 7) is 9.14. The van der Waals surface area contributed by atoms with Gasteiger partial charge in [-0.15, -0.1) is 0 Å². The van der Waals surface area contributed by atoms with Gasteiger partial charge in [-0.2, -0.15) is 0 Å². The van der Waals surface area contributed by atoms with E-state index in [0.717, 1.165) is 34.7 Å². The summed E-state index contributed by atoms with van der Waals surface area (Å²) >= 11 is 0. The van der Waals surface area contributed by atoms with Crippen molar-refractivity contribution < 1.29 is 14.3 Å². The van der Waals surface area contributed by atoms with Crippen molar-refractivity contribution in [3.05, 3.63) is 58.7 Å². The number of rotatable bonds is 5. The molecule has 2 N–H and O–H groups in total. The second kappa shape index (κ2) is 10.0. The van der Waals surface area contributed by atoms with E-state index < -0.39 is 10.7 Å². The minimum atomic E-state index is -0.752. The summed E-state index contributed by atoms with van der Waals surface area (Å²) in [4.78, 5) is 25.2. The maximum atomic E-state index is 12.9. The van der Waals surface area contributed by atoms with Crippen molar-refractivity contribution in [2.24, 2.45) is 5.92 Å². The highest BCUT2D eigenvalue weighted by Gasteiger charge is 2.28. The van der Waals surface area contributed by atoms with Crippen LogP contribution in [0.2, 0.25) is 0 Å². The third-order valence-electron chi connectivity index (χ3n) is 5.21. The quantitative estimate of drug-likeness (QED) is 0.532. The smallest absolute Gasteiger partial charge is 0.310 e. The fourth-order valence-corrected chi connectivity index (χ4v) is 5.95. The summed E-state index contributed by atoms with van der Waals surface area (Å²) in [5.74, 6) is 0.833. The Kier molecular flexibility index (Phi) is 7.38. The summed E-state index contributed by atoms with van der Waals surface area (Å²) in [6, 6.07) is 11.9. The molecule has 166 valence electrons. The van der Waals surface area contributed by atoms with Gasteiger partial charge >= 0.3 is 5.24 Å². The van der Waals surface area contributed by atoms with E-state index in [1.54, 1.807) is 7.11 Å². The highest BCUT2D eigenvalue weighted by Crippen LogP contribution is 2.38. The maximum absolute atomic E-state index is 12.9. The fourth-order valence-electron chi connectivity index (χ4n) is 3.92. The average molecular weight is 442 g/mol. The lowest BCUT2D eigenvalue weighted by Gasteiger charge is -2.27. The Labute approximate surface area is 187 Å². The number of nitrogens with zero attached hydrogens (tertiary/aromatic N) is 1. The second-order valence-corrected chi connectivity index (χ2v) is 9.76. The van der Waals surface area contributed by atoms with Gasteiger partial charge in [-0.1, -0.05) is 36.8 Å².